The molecule has 188 valence electrons. The van der Waals surface area contributed by atoms with E-state index in [0.717, 1.165) is 29.7 Å². The van der Waals surface area contributed by atoms with Gasteiger partial charge in [0.05, 0.1) is 26.5 Å². The molecule has 1 amide bonds. The molecule has 0 spiro atoms. The Balaban J connectivity index is 2.01. The van der Waals surface area contributed by atoms with E-state index in [1.165, 1.54) is 7.11 Å². The van der Waals surface area contributed by atoms with Crippen molar-refractivity contribution in [1.82, 2.24) is 0 Å². The van der Waals surface area contributed by atoms with Crippen LogP contribution in [0.2, 0.25) is 0 Å². The quantitative estimate of drug-likeness (QED) is 0.192. The third kappa shape index (κ3) is 9.66. The highest BCUT2D eigenvalue weighted by atomic mass is 16.5. The largest absolute Gasteiger partial charge is 0.497 e. The fraction of sp³-hybridized carbons (Fsp3) is 0.357. The highest BCUT2D eigenvalue weighted by molar-refractivity contribution is 5.95. The van der Waals surface area contributed by atoms with Crippen molar-refractivity contribution in [1.29, 1.82) is 0 Å². The summed E-state index contributed by atoms with van der Waals surface area (Å²) in [7, 11) is 2.99. The molecule has 2 aromatic rings. The molecule has 7 nitrogen and oxygen atoms in total. The molecule has 1 atom stereocenters. The molecular formula is C28H35NO6. The maximum absolute atomic E-state index is 13.0. The minimum Gasteiger partial charge on any atom is -0.497 e. The van der Waals surface area contributed by atoms with Crippen molar-refractivity contribution in [3.05, 3.63) is 72.8 Å². The summed E-state index contributed by atoms with van der Waals surface area (Å²) in [4.78, 5) is 24.3. The number of ether oxygens (including phenoxy) is 4. The van der Waals surface area contributed by atoms with Crippen molar-refractivity contribution in [2.75, 3.05) is 26.1 Å². The summed E-state index contributed by atoms with van der Waals surface area (Å²) >= 11 is 0. The van der Waals surface area contributed by atoms with Gasteiger partial charge < -0.3 is 24.3 Å². The van der Waals surface area contributed by atoms with E-state index in [9.17, 15) is 9.59 Å². The van der Waals surface area contributed by atoms with Crippen LogP contribution in [-0.4, -0.2) is 38.8 Å². The van der Waals surface area contributed by atoms with Crippen molar-refractivity contribution in [2.24, 2.45) is 0 Å². The predicted molar refractivity (Wildman–Crippen MR) is 138 cm³/mol. The molecule has 0 fully saturated rings. The summed E-state index contributed by atoms with van der Waals surface area (Å²) in [5, 5.41) is 2.93. The van der Waals surface area contributed by atoms with Crippen LogP contribution in [0.3, 0.4) is 0 Å². The summed E-state index contributed by atoms with van der Waals surface area (Å²) < 4.78 is 21.7. The topological polar surface area (TPSA) is 83.1 Å². The van der Waals surface area contributed by atoms with E-state index in [4.69, 9.17) is 14.2 Å². The van der Waals surface area contributed by atoms with Crippen LogP contribution >= 0.6 is 0 Å². The van der Waals surface area contributed by atoms with Gasteiger partial charge in [0.25, 0.3) is 5.91 Å². The van der Waals surface area contributed by atoms with E-state index in [1.54, 1.807) is 31.4 Å². The van der Waals surface area contributed by atoms with Crippen LogP contribution in [0.15, 0.2) is 61.7 Å². The van der Waals surface area contributed by atoms with Gasteiger partial charge in [0.2, 0.25) is 0 Å². The van der Waals surface area contributed by atoms with Gasteiger partial charge in [-0.3, -0.25) is 9.59 Å². The van der Waals surface area contributed by atoms with Gasteiger partial charge in [0, 0.05) is 6.42 Å². The van der Waals surface area contributed by atoms with Gasteiger partial charge in [0.15, 0.2) is 0 Å². The van der Waals surface area contributed by atoms with E-state index in [1.807, 2.05) is 30.3 Å². The Morgan fingerprint density at radius 3 is 2.57 bits per heavy atom. The maximum Gasteiger partial charge on any atom is 0.305 e. The third-order valence-corrected chi connectivity index (χ3v) is 5.28. The normalized spacial score (nSPS) is 11.3. The Morgan fingerprint density at radius 2 is 1.86 bits per heavy atom. The molecule has 0 saturated carbocycles. The van der Waals surface area contributed by atoms with Gasteiger partial charge in [-0.15, -0.1) is 6.58 Å². The van der Waals surface area contributed by atoms with Gasteiger partial charge in [-0.05, 0) is 54.3 Å². The van der Waals surface area contributed by atoms with Crippen LogP contribution in [0.1, 0.15) is 43.2 Å². The van der Waals surface area contributed by atoms with Crippen LogP contribution in [0.25, 0.3) is 6.08 Å². The zero-order chi connectivity index (χ0) is 25.5. The number of methoxy groups -OCH3 is 2. The van der Waals surface area contributed by atoms with Gasteiger partial charge in [0.1, 0.15) is 24.2 Å². The van der Waals surface area contributed by atoms with Gasteiger partial charge in [-0.2, -0.15) is 0 Å². The SMILES string of the molecule is C=CCO[C@H](CCCCCC(=O)OC)C(=O)Nc1ccccc1OCc1cc(C=C)cc(OC)c1. The number of unbranched alkanes of at least 4 members (excludes halogenated alkanes) is 2. The molecule has 2 rings (SSSR count). The summed E-state index contributed by atoms with van der Waals surface area (Å²) in [5.41, 5.74) is 2.40. The number of esters is 1. The molecule has 0 heterocycles. The number of carbonyl (C=O) groups is 2. The summed E-state index contributed by atoms with van der Waals surface area (Å²) in [6, 6.07) is 13.0. The molecule has 0 aliphatic rings. The fourth-order valence-electron chi connectivity index (χ4n) is 3.43. The predicted octanol–water partition coefficient (Wildman–Crippen LogP) is 5.55. The number of hydrogen-bond acceptors (Lipinski definition) is 6. The number of para-hydroxylation sites is 2. The average molecular weight is 482 g/mol. The molecule has 35 heavy (non-hydrogen) atoms. The van der Waals surface area contributed by atoms with E-state index in [-0.39, 0.29) is 18.5 Å². The van der Waals surface area contributed by atoms with Crippen LogP contribution in [0.4, 0.5) is 5.69 Å². The second-order valence-corrected chi connectivity index (χ2v) is 7.88. The summed E-state index contributed by atoms with van der Waals surface area (Å²) in [6.07, 6.45) is 5.85. The molecule has 0 aliphatic heterocycles. The third-order valence-electron chi connectivity index (χ3n) is 5.28. The second kappa shape index (κ2) is 15.3. The molecule has 0 unspecified atom stereocenters. The second-order valence-electron chi connectivity index (χ2n) is 7.88. The lowest BCUT2D eigenvalue weighted by Gasteiger charge is -2.18. The van der Waals surface area contributed by atoms with E-state index >= 15 is 0 Å². The first-order valence-electron chi connectivity index (χ1n) is 11.6. The lowest BCUT2D eigenvalue weighted by Crippen LogP contribution is -2.31. The van der Waals surface area contributed by atoms with Crippen LogP contribution < -0.4 is 14.8 Å². The monoisotopic (exact) mass is 481 g/mol. The number of hydrogen-bond donors (Lipinski definition) is 1. The standard InChI is InChI=1S/C28H35NO6/c1-5-16-34-26(14-8-7-9-15-27(30)33-4)28(31)29-24-12-10-11-13-25(24)35-20-22-17-21(6-2)18-23(19-22)32-3/h5-6,10-13,17-19,26H,1-2,7-9,14-16,20H2,3-4H3,(H,29,31)/t26-/m1/s1. The first-order valence-corrected chi connectivity index (χ1v) is 11.6. The fourth-order valence-corrected chi connectivity index (χ4v) is 3.43. The molecule has 2 aromatic carbocycles. The highest BCUT2D eigenvalue weighted by Gasteiger charge is 2.20. The Hall–Kier alpha value is -3.58. The van der Waals surface area contributed by atoms with Crippen molar-refractivity contribution in [3.8, 4) is 11.5 Å². The lowest BCUT2D eigenvalue weighted by molar-refractivity contribution is -0.140. The zero-order valence-electron chi connectivity index (χ0n) is 20.6. The van der Waals surface area contributed by atoms with E-state index < -0.39 is 6.10 Å². The van der Waals surface area contributed by atoms with Crippen molar-refractivity contribution < 1.29 is 28.5 Å². The first-order chi connectivity index (χ1) is 17.0. The van der Waals surface area contributed by atoms with Crippen molar-refractivity contribution in [2.45, 2.75) is 44.8 Å². The van der Waals surface area contributed by atoms with E-state index in [0.29, 0.717) is 37.3 Å². The highest BCUT2D eigenvalue weighted by Crippen LogP contribution is 2.27. The summed E-state index contributed by atoms with van der Waals surface area (Å²) in [5.74, 6) is 0.778. The number of nitrogens with one attached hydrogen (secondary N) is 1. The number of amides is 1. The zero-order valence-corrected chi connectivity index (χ0v) is 20.6. The molecule has 0 bridgehead atoms. The Bertz CT molecular complexity index is 987. The smallest absolute Gasteiger partial charge is 0.305 e. The number of benzene rings is 2. The maximum atomic E-state index is 13.0. The van der Waals surface area contributed by atoms with Crippen molar-refractivity contribution in [3.63, 3.8) is 0 Å². The molecule has 0 aliphatic carbocycles. The molecule has 0 saturated heterocycles. The Morgan fingerprint density at radius 1 is 1.06 bits per heavy atom. The summed E-state index contributed by atoms with van der Waals surface area (Å²) in [6.45, 7) is 8.03. The van der Waals surface area contributed by atoms with Gasteiger partial charge >= 0.3 is 5.97 Å². The Labute approximate surface area is 207 Å². The average Bonchev–Trinajstić information content (AvgIpc) is 2.89. The van der Waals surface area contributed by atoms with Gasteiger partial charge in [-0.25, -0.2) is 0 Å². The van der Waals surface area contributed by atoms with Gasteiger partial charge in [-0.1, -0.05) is 43.7 Å². The van der Waals surface area contributed by atoms with Crippen LogP contribution in [0, 0.1) is 0 Å². The van der Waals surface area contributed by atoms with E-state index in [2.05, 4.69) is 23.2 Å². The molecule has 0 aromatic heterocycles. The van der Waals surface area contributed by atoms with Crippen molar-refractivity contribution >= 4 is 23.6 Å². The number of rotatable bonds is 16. The number of carbonyl (C=O) groups excluding carboxylic acids is 2. The molecule has 1 N–H and O–H groups in total. The molecule has 7 heteroatoms. The lowest BCUT2D eigenvalue weighted by atomic mass is 10.1. The minimum atomic E-state index is -0.646. The number of anilines is 1. The molecule has 0 radical (unpaired) electrons. The minimum absolute atomic E-state index is 0.228. The first kappa shape index (κ1) is 27.7. The Kier molecular flexibility index (Phi) is 12.1. The van der Waals surface area contributed by atoms with Crippen LogP contribution in [-0.2, 0) is 25.7 Å². The van der Waals surface area contributed by atoms with Crippen LogP contribution in [0.5, 0.6) is 11.5 Å². The molecular weight excluding hydrogens is 446 g/mol.